The van der Waals surface area contributed by atoms with Crippen LogP contribution in [0.4, 0.5) is 8.78 Å². The lowest BCUT2D eigenvalue weighted by atomic mass is 9.94. The summed E-state index contributed by atoms with van der Waals surface area (Å²) in [5.41, 5.74) is 8.19. The van der Waals surface area contributed by atoms with Crippen molar-refractivity contribution in [2.45, 2.75) is 38.6 Å². The lowest BCUT2D eigenvalue weighted by molar-refractivity contribution is -0.138. The van der Waals surface area contributed by atoms with Gasteiger partial charge in [-0.25, -0.2) is 8.78 Å². The SMILES string of the molecule is CCCCc1ccc(C(=CCC(N)C(=O)O)c2ccc(F)cc2F)cc1. The summed E-state index contributed by atoms with van der Waals surface area (Å²) in [6, 6.07) is 9.94. The van der Waals surface area contributed by atoms with Gasteiger partial charge in [0.2, 0.25) is 0 Å². The van der Waals surface area contributed by atoms with Crippen molar-refractivity contribution < 1.29 is 18.7 Å². The predicted octanol–water partition coefficient (Wildman–Crippen LogP) is 4.54. The monoisotopic (exact) mass is 359 g/mol. The topological polar surface area (TPSA) is 63.3 Å². The van der Waals surface area contributed by atoms with Gasteiger partial charge in [0.05, 0.1) is 0 Å². The van der Waals surface area contributed by atoms with Gasteiger partial charge < -0.3 is 10.8 Å². The number of nitrogens with two attached hydrogens (primary N) is 1. The van der Waals surface area contributed by atoms with E-state index in [9.17, 15) is 13.6 Å². The molecule has 3 nitrogen and oxygen atoms in total. The molecule has 1 unspecified atom stereocenters. The van der Waals surface area contributed by atoms with Gasteiger partial charge in [0.1, 0.15) is 17.7 Å². The lowest BCUT2D eigenvalue weighted by Gasteiger charge is -2.12. The normalized spacial score (nSPS) is 12.8. The molecular weight excluding hydrogens is 336 g/mol. The van der Waals surface area contributed by atoms with Gasteiger partial charge in [-0.15, -0.1) is 0 Å². The van der Waals surface area contributed by atoms with E-state index >= 15 is 0 Å². The van der Waals surface area contributed by atoms with Crippen molar-refractivity contribution in [3.05, 3.63) is 76.9 Å². The van der Waals surface area contributed by atoms with E-state index < -0.39 is 23.6 Å². The van der Waals surface area contributed by atoms with Crippen molar-refractivity contribution in [2.24, 2.45) is 5.73 Å². The van der Waals surface area contributed by atoms with Crippen LogP contribution in [0.1, 0.15) is 42.9 Å². The van der Waals surface area contributed by atoms with E-state index in [-0.39, 0.29) is 12.0 Å². The number of aryl methyl sites for hydroxylation is 1. The molecule has 0 amide bonds. The summed E-state index contributed by atoms with van der Waals surface area (Å²) in [7, 11) is 0. The van der Waals surface area contributed by atoms with Crippen molar-refractivity contribution in [3.8, 4) is 0 Å². The summed E-state index contributed by atoms with van der Waals surface area (Å²) in [6.07, 6.45) is 4.78. The van der Waals surface area contributed by atoms with Gasteiger partial charge in [-0.05, 0) is 48.1 Å². The minimum absolute atomic E-state index is 0.0407. The van der Waals surface area contributed by atoms with Crippen LogP contribution in [0.5, 0.6) is 0 Å². The molecule has 0 aromatic heterocycles. The molecule has 1 atom stereocenters. The van der Waals surface area contributed by atoms with Crippen LogP contribution in [0.25, 0.3) is 5.57 Å². The van der Waals surface area contributed by atoms with Crippen molar-refractivity contribution in [2.75, 3.05) is 0 Å². The number of carboxylic acid groups (broad SMARTS) is 1. The number of rotatable bonds is 8. The molecule has 0 aliphatic heterocycles. The van der Waals surface area contributed by atoms with Crippen molar-refractivity contribution in [1.29, 1.82) is 0 Å². The lowest BCUT2D eigenvalue weighted by Crippen LogP contribution is -2.29. The average molecular weight is 359 g/mol. The first-order valence-electron chi connectivity index (χ1n) is 8.65. The van der Waals surface area contributed by atoms with Crippen LogP contribution >= 0.6 is 0 Å². The Hall–Kier alpha value is -2.53. The Morgan fingerprint density at radius 3 is 2.46 bits per heavy atom. The molecule has 3 N–H and O–H groups in total. The first-order chi connectivity index (χ1) is 12.4. The molecular formula is C21H23F2NO2. The van der Waals surface area contributed by atoms with Gasteiger partial charge >= 0.3 is 5.97 Å². The molecule has 26 heavy (non-hydrogen) atoms. The molecule has 0 spiro atoms. The van der Waals surface area contributed by atoms with Crippen LogP contribution < -0.4 is 5.73 Å². The molecule has 138 valence electrons. The summed E-state index contributed by atoms with van der Waals surface area (Å²) in [4.78, 5) is 11.0. The Morgan fingerprint density at radius 2 is 1.88 bits per heavy atom. The number of benzene rings is 2. The maximum atomic E-state index is 14.3. The zero-order valence-electron chi connectivity index (χ0n) is 14.7. The molecule has 0 radical (unpaired) electrons. The maximum Gasteiger partial charge on any atom is 0.320 e. The van der Waals surface area contributed by atoms with Crippen LogP contribution in [0.15, 0.2) is 48.5 Å². The van der Waals surface area contributed by atoms with Crippen LogP contribution in [-0.2, 0) is 11.2 Å². The van der Waals surface area contributed by atoms with Crippen LogP contribution in [0, 0.1) is 11.6 Å². The highest BCUT2D eigenvalue weighted by Gasteiger charge is 2.14. The van der Waals surface area contributed by atoms with E-state index in [1.807, 2.05) is 24.3 Å². The Labute approximate surface area is 152 Å². The van der Waals surface area contributed by atoms with Crippen LogP contribution in [0.2, 0.25) is 0 Å². The van der Waals surface area contributed by atoms with Crippen LogP contribution in [-0.4, -0.2) is 17.1 Å². The number of hydrogen-bond donors (Lipinski definition) is 2. The second-order valence-corrected chi connectivity index (χ2v) is 6.22. The zero-order chi connectivity index (χ0) is 19.1. The third-order valence-corrected chi connectivity index (χ3v) is 4.20. The van der Waals surface area contributed by atoms with Gasteiger partial charge in [0, 0.05) is 11.6 Å². The van der Waals surface area contributed by atoms with Crippen molar-refractivity contribution >= 4 is 11.5 Å². The minimum Gasteiger partial charge on any atom is -0.480 e. The fraction of sp³-hybridized carbons (Fsp3) is 0.286. The average Bonchev–Trinajstić information content (AvgIpc) is 2.62. The molecule has 0 aliphatic rings. The number of aliphatic carboxylic acids is 1. The number of hydrogen-bond acceptors (Lipinski definition) is 2. The van der Waals surface area contributed by atoms with E-state index in [4.69, 9.17) is 10.8 Å². The van der Waals surface area contributed by atoms with Crippen molar-refractivity contribution in [1.82, 2.24) is 0 Å². The molecule has 0 heterocycles. The fourth-order valence-electron chi connectivity index (χ4n) is 2.67. The van der Waals surface area contributed by atoms with E-state index in [0.717, 1.165) is 30.9 Å². The summed E-state index contributed by atoms with van der Waals surface area (Å²) in [6.45, 7) is 2.12. The summed E-state index contributed by atoms with van der Waals surface area (Å²) < 4.78 is 27.5. The standard InChI is InChI=1S/C21H23F2NO2/c1-2-3-4-14-5-7-15(8-6-14)17(11-12-20(24)21(25)26)18-10-9-16(22)13-19(18)23/h5-11,13,20H,2-4,12,24H2,1H3,(H,25,26). The molecule has 0 bridgehead atoms. The van der Waals surface area contributed by atoms with E-state index in [2.05, 4.69) is 6.92 Å². The Morgan fingerprint density at radius 1 is 1.19 bits per heavy atom. The third-order valence-electron chi connectivity index (χ3n) is 4.20. The second kappa shape index (κ2) is 9.25. The molecule has 2 aromatic carbocycles. The number of halogens is 2. The molecule has 2 aromatic rings. The fourth-order valence-corrected chi connectivity index (χ4v) is 2.67. The number of unbranched alkanes of at least 4 members (excludes halogenated alkanes) is 1. The maximum absolute atomic E-state index is 14.3. The Kier molecular flexibility index (Phi) is 7.04. The summed E-state index contributed by atoms with van der Waals surface area (Å²) >= 11 is 0. The van der Waals surface area contributed by atoms with E-state index in [0.29, 0.717) is 5.57 Å². The first kappa shape index (κ1) is 19.8. The summed E-state index contributed by atoms with van der Waals surface area (Å²) in [5.74, 6) is -2.49. The van der Waals surface area contributed by atoms with Gasteiger partial charge in [0.15, 0.2) is 0 Å². The Bertz CT molecular complexity index is 785. The van der Waals surface area contributed by atoms with Gasteiger partial charge in [-0.2, -0.15) is 0 Å². The molecule has 2 rings (SSSR count). The van der Waals surface area contributed by atoms with Crippen molar-refractivity contribution in [3.63, 3.8) is 0 Å². The molecule has 0 saturated carbocycles. The second-order valence-electron chi connectivity index (χ2n) is 6.22. The van der Waals surface area contributed by atoms with Gasteiger partial charge in [-0.1, -0.05) is 43.7 Å². The highest BCUT2D eigenvalue weighted by molar-refractivity contribution is 5.81. The highest BCUT2D eigenvalue weighted by Crippen LogP contribution is 2.27. The van der Waals surface area contributed by atoms with E-state index in [1.54, 1.807) is 6.08 Å². The highest BCUT2D eigenvalue weighted by atomic mass is 19.1. The smallest absolute Gasteiger partial charge is 0.320 e. The third kappa shape index (κ3) is 5.23. The predicted molar refractivity (Wildman–Crippen MR) is 98.7 cm³/mol. The van der Waals surface area contributed by atoms with E-state index in [1.165, 1.54) is 17.7 Å². The molecule has 0 saturated heterocycles. The molecule has 0 fully saturated rings. The Balaban J connectivity index is 2.39. The van der Waals surface area contributed by atoms with Gasteiger partial charge in [-0.3, -0.25) is 4.79 Å². The first-order valence-corrected chi connectivity index (χ1v) is 8.65. The largest absolute Gasteiger partial charge is 0.480 e. The molecule has 0 aliphatic carbocycles. The van der Waals surface area contributed by atoms with Gasteiger partial charge in [0.25, 0.3) is 0 Å². The minimum atomic E-state index is -1.13. The van der Waals surface area contributed by atoms with Crippen LogP contribution in [0.3, 0.4) is 0 Å². The zero-order valence-corrected chi connectivity index (χ0v) is 14.7. The summed E-state index contributed by atoms with van der Waals surface area (Å²) in [5, 5.41) is 8.97. The molecule has 5 heteroatoms. The number of carboxylic acids is 1. The quantitative estimate of drug-likeness (QED) is 0.727. The number of carbonyl (C=O) groups is 1.